The van der Waals surface area contributed by atoms with Crippen molar-refractivity contribution in [3.05, 3.63) is 84.1 Å². The van der Waals surface area contributed by atoms with Gasteiger partial charge in [0.25, 0.3) is 0 Å². The maximum absolute atomic E-state index is 13.0. The van der Waals surface area contributed by atoms with Crippen LogP contribution in [0.2, 0.25) is 0 Å². The maximum atomic E-state index is 13.0. The maximum Gasteiger partial charge on any atom is 0.321 e. The monoisotopic (exact) mass is 525 g/mol. The molecule has 1 aliphatic heterocycles. The molecule has 1 fully saturated rings. The minimum Gasteiger partial charge on any atom is -0.497 e. The molecule has 0 radical (unpaired) electrons. The van der Waals surface area contributed by atoms with Gasteiger partial charge in [0.05, 0.1) is 28.7 Å². The van der Waals surface area contributed by atoms with Crippen LogP contribution in [0.1, 0.15) is 18.2 Å². The molecule has 38 heavy (non-hydrogen) atoms. The number of nitrogens with one attached hydrogen (secondary N) is 1. The smallest absolute Gasteiger partial charge is 0.321 e. The number of hydrogen-bond donors (Lipinski definition) is 1. The first-order chi connectivity index (χ1) is 18.6. The summed E-state index contributed by atoms with van der Waals surface area (Å²) in [4.78, 5) is 23.4. The largest absolute Gasteiger partial charge is 0.497 e. The van der Waals surface area contributed by atoms with Gasteiger partial charge in [0.2, 0.25) is 0 Å². The van der Waals surface area contributed by atoms with Crippen LogP contribution in [-0.2, 0) is 13.0 Å². The number of amides is 2. The summed E-state index contributed by atoms with van der Waals surface area (Å²) in [6.45, 7) is 5.85. The molecule has 6 rings (SSSR count). The van der Waals surface area contributed by atoms with E-state index in [1.54, 1.807) is 18.4 Å². The number of benzene rings is 3. The SMILES string of the molecule is CCc1ccccc1NC(=O)N1CCN(Cc2c(-c3ccccc3)nc3sc4cc(OC)ccc4n23)CC1. The highest BCUT2D eigenvalue weighted by atomic mass is 32.1. The molecule has 2 amide bonds. The van der Waals surface area contributed by atoms with Crippen LogP contribution in [0, 0.1) is 0 Å². The summed E-state index contributed by atoms with van der Waals surface area (Å²) in [5, 5.41) is 3.12. The van der Waals surface area contributed by atoms with Crippen LogP contribution in [0.4, 0.5) is 10.5 Å². The first kappa shape index (κ1) is 24.5. The Kier molecular flexibility index (Phi) is 6.74. The Morgan fingerprint density at radius 2 is 1.76 bits per heavy atom. The van der Waals surface area contributed by atoms with Crippen molar-refractivity contribution in [1.82, 2.24) is 19.2 Å². The van der Waals surface area contributed by atoms with Gasteiger partial charge in [0, 0.05) is 44.0 Å². The molecule has 1 aliphatic rings. The predicted octanol–water partition coefficient (Wildman–Crippen LogP) is 6.14. The van der Waals surface area contributed by atoms with Gasteiger partial charge in [-0.15, -0.1) is 0 Å². The summed E-state index contributed by atoms with van der Waals surface area (Å²) in [6, 6.07) is 24.6. The number of rotatable bonds is 6. The summed E-state index contributed by atoms with van der Waals surface area (Å²) in [7, 11) is 1.70. The van der Waals surface area contributed by atoms with Crippen molar-refractivity contribution < 1.29 is 9.53 Å². The molecule has 7 nitrogen and oxygen atoms in total. The number of piperazine rings is 1. The van der Waals surface area contributed by atoms with Gasteiger partial charge < -0.3 is 15.0 Å². The number of aryl methyl sites for hydroxylation is 1. The Hall–Kier alpha value is -3.88. The fourth-order valence-electron chi connectivity index (χ4n) is 5.17. The van der Waals surface area contributed by atoms with Crippen LogP contribution in [0.15, 0.2) is 72.8 Å². The molecular weight excluding hydrogens is 494 g/mol. The fourth-order valence-corrected chi connectivity index (χ4v) is 6.25. The molecule has 0 unspecified atom stereocenters. The third kappa shape index (κ3) is 4.61. The lowest BCUT2D eigenvalue weighted by molar-refractivity contribution is 0.142. The third-order valence-corrected chi connectivity index (χ3v) is 8.27. The summed E-state index contributed by atoms with van der Waals surface area (Å²) >= 11 is 1.68. The Labute approximate surface area is 226 Å². The van der Waals surface area contributed by atoms with E-state index in [0.29, 0.717) is 13.1 Å². The van der Waals surface area contributed by atoms with Crippen molar-refractivity contribution in [2.24, 2.45) is 0 Å². The molecule has 3 heterocycles. The van der Waals surface area contributed by atoms with E-state index in [9.17, 15) is 4.79 Å². The first-order valence-electron chi connectivity index (χ1n) is 13.0. The Bertz CT molecular complexity index is 1580. The number of hydrogen-bond acceptors (Lipinski definition) is 5. The van der Waals surface area contributed by atoms with Crippen molar-refractivity contribution in [2.75, 3.05) is 38.6 Å². The highest BCUT2D eigenvalue weighted by Gasteiger charge is 2.25. The Morgan fingerprint density at radius 3 is 2.53 bits per heavy atom. The average molecular weight is 526 g/mol. The average Bonchev–Trinajstić information content (AvgIpc) is 3.50. The quantitative estimate of drug-likeness (QED) is 0.289. The molecule has 5 aromatic rings. The van der Waals surface area contributed by atoms with Gasteiger partial charge in [-0.25, -0.2) is 9.78 Å². The lowest BCUT2D eigenvalue weighted by Crippen LogP contribution is -2.49. The number of fused-ring (bicyclic) bond motifs is 3. The van der Waals surface area contributed by atoms with E-state index in [1.807, 2.05) is 35.2 Å². The van der Waals surface area contributed by atoms with Crippen molar-refractivity contribution in [1.29, 1.82) is 0 Å². The minimum atomic E-state index is -0.0277. The van der Waals surface area contributed by atoms with Crippen molar-refractivity contribution in [3.63, 3.8) is 0 Å². The lowest BCUT2D eigenvalue weighted by atomic mass is 10.1. The summed E-state index contributed by atoms with van der Waals surface area (Å²) in [6.07, 6.45) is 0.887. The fraction of sp³-hybridized carbons (Fsp3) is 0.267. The second kappa shape index (κ2) is 10.5. The number of imidazole rings is 1. The Morgan fingerprint density at radius 1 is 1.00 bits per heavy atom. The van der Waals surface area contributed by atoms with Crippen molar-refractivity contribution in [3.8, 4) is 17.0 Å². The number of urea groups is 1. The van der Waals surface area contributed by atoms with Gasteiger partial charge in [0.1, 0.15) is 5.75 Å². The number of ether oxygens (including phenoxy) is 1. The van der Waals surface area contributed by atoms with Crippen LogP contribution < -0.4 is 10.1 Å². The lowest BCUT2D eigenvalue weighted by Gasteiger charge is -2.34. The number of carbonyl (C=O) groups is 1. The minimum absolute atomic E-state index is 0.0277. The number of thiazole rings is 1. The van der Waals surface area contributed by atoms with Crippen LogP contribution in [0.25, 0.3) is 26.4 Å². The standard InChI is InChI=1S/C30H31N5O2S/c1-3-21-9-7-8-12-24(21)31-29(36)34-17-15-33(16-18-34)20-26-28(22-10-5-4-6-11-22)32-30-35(26)25-14-13-23(37-2)19-27(25)38-30/h4-14,19H,3,15-18,20H2,1-2H3,(H,31,36). The van der Waals surface area contributed by atoms with Gasteiger partial charge in [-0.05, 0) is 36.2 Å². The van der Waals surface area contributed by atoms with Gasteiger partial charge in [0.15, 0.2) is 4.96 Å². The second-order valence-corrected chi connectivity index (χ2v) is 10.5. The molecule has 0 saturated carbocycles. The highest BCUT2D eigenvalue weighted by Crippen LogP contribution is 2.35. The van der Waals surface area contributed by atoms with E-state index in [4.69, 9.17) is 9.72 Å². The number of aromatic nitrogens is 2. The number of carbonyl (C=O) groups excluding carboxylic acids is 1. The van der Waals surface area contributed by atoms with E-state index < -0.39 is 0 Å². The van der Waals surface area contributed by atoms with E-state index in [0.717, 1.165) is 69.5 Å². The molecule has 1 N–H and O–H groups in total. The summed E-state index contributed by atoms with van der Waals surface area (Å²) in [5.74, 6) is 0.850. The van der Waals surface area contributed by atoms with Crippen molar-refractivity contribution >= 4 is 38.2 Å². The third-order valence-electron chi connectivity index (χ3n) is 7.27. The molecule has 194 valence electrons. The van der Waals surface area contributed by atoms with Gasteiger partial charge in [-0.2, -0.15) is 0 Å². The molecule has 2 aromatic heterocycles. The first-order valence-corrected chi connectivity index (χ1v) is 13.9. The zero-order valence-electron chi connectivity index (χ0n) is 21.7. The van der Waals surface area contributed by atoms with Gasteiger partial charge in [-0.1, -0.05) is 66.8 Å². The van der Waals surface area contributed by atoms with E-state index >= 15 is 0 Å². The molecule has 8 heteroatoms. The van der Waals surface area contributed by atoms with E-state index in [-0.39, 0.29) is 6.03 Å². The normalized spacial score (nSPS) is 14.3. The molecular formula is C30H31N5O2S. The second-order valence-electron chi connectivity index (χ2n) is 9.53. The zero-order chi connectivity index (χ0) is 26.1. The van der Waals surface area contributed by atoms with E-state index in [2.05, 4.69) is 64.0 Å². The van der Waals surface area contributed by atoms with Crippen LogP contribution >= 0.6 is 11.3 Å². The number of nitrogens with zero attached hydrogens (tertiary/aromatic N) is 4. The highest BCUT2D eigenvalue weighted by molar-refractivity contribution is 7.23. The number of anilines is 1. The Balaban J connectivity index is 1.24. The molecule has 0 bridgehead atoms. The number of para-hydroxylation sites is 1. The van der Waals surface area contributed by atoms with Crippen LogP contribution in [0.5, 0.6) is 5.75 Å². The molecule has 3 aromatic carbocycles. The molecule has 0 aliphatic carbocycles. The predicted molar refractivity (Wildman–Crippen MR) is 154 cm³/mol. The van der Waals surface area contributed by atoms with Crippen molar-refractivity contribution in [2.45, 2.75) is 19.9 Å². The van der Waals surface area contributed by atoms with Crippen LogP contribution in [-0.4, -0.2) is 58.5 Å². The molecule has 1 saturated heterocycles. The summed E-state index contributed by atoms with van der Waals surface area (Å²) < 4.78 is 8.90. The van der Waals surface area contributed by atoms with E-state index in [1.165, 1.54) is 5.69 Å². The van der Waals surface area contributed by atoms with Crippen LogP contribution in [0.3, 0.4) is 0 Å². The van der Waals surface area contributed by atoms with Gasteiger partial charge >= 0.3 is 6.03 Å². The molecule has 0 atom stereocenters. The number of methoxy groups -OCH3 is 1. The van der Waals surface area contributed by atoms with Gasteiger partial charge in [-0.3, -0.25) is 9.30 Å². The zero-order valence-corrected chi connectivity index (χ0v) is 22.5. The molecule has 0 spiro atoms. The topological polar surface area (TPSA) is 62.1 Å². The summed E-state index contributed by atoms with van der Waals surface area (Å²) in [5.41, 5.74) is 6.51.